The number of likely N-dealkylation sites (tertiary alicyclic amines) is 1. The van der Waals surface area contributed by atoms with Crippen LogP contribution in [0.1, 0.15) is 31.4 Å². The molecule has 1 aliphatic rings. The van der Waals surface area contributed by atoms with Gasteiger partial charge in [0.05, 0.1) is 17.7 Å². The Morgan fingerprint density at radius 1 is 1.35 bits per heavy atom. The highest BCUT2D eigenvalue weighted by Gasteiger charge is 2.43. The van der Waals surface area contributed by atoms with E-state index in [1.165, 1.54) is 29.2 Å². The van der Waals surface area contributed by atoms with Gasteiger partial charge in [0.15, 0.2) is 0 Å². The van der Waals surface area contributed by atoms with Gasteiger partial charge in [-0.3, -0.25) is 14.3 Å². The average Bonchev–Trinajstić information content (AvgIpc) is 2.76. The molecule has 0 aromatic heterocycles. The zero-order valence-corrected chi connectivity index (χ0v) is 13.8. The summed E-state index contributed by atoms with van der Waals surface area (Å²) in [5, 5.41) is 0. The smallest absolute Gasteiger partial charge is 0.239 e. The maximum Gasteiger partial charge on any atom is 0.239 e. The molecular formula is C15H19FN2O4S. The van der Waals surface area contributed by atoms with E-state index >= 15 is 0 Å². The summed E-state index contributed by atoms with van der Waals surface area (Å²) in [4.78, 5) is 25.7. The van der Waals surface area contributed by atoms with Gasteiger partial charge in [-0.25, -0.2) is 12.8 Å². The van der Waals surface area contributed by atoms with Crippen molar-refractivity contribution in [2.24, 2.45) is 5.92 Å². The first-order chi connectivity index (χ1) is 10.7. The molecule has 6 nitrogen and oxygen atoms in total. The van der Waals surface area contributed by atoms with Crippen molar-refractivity contribution in [1.29, 1.82) is 0 Å². The molecule has 0 radical (unpaired) electrons. The quantitative estimate of drug-likeness (QED) is 0.871. The van der Waals surface area contributed by atoms with Gasteiger partial charge >= 0.3 is 0 Å². The first kappa shape index (κ1) is 17.4. The van der Waals surface area contributed by atoms with Gasteiger partial charge in [0, 0.05) is 13.5 Å². The fourth-order valence-electron chi connectivity index (χ4n) is 2.77. The molecule has 1 N–H and O–H groups in total. The number of halogens is 1. The summed E-state index contributed by atoms with van der Waals surface area (Å²) in [5.74, 6) is -2.37. The molecule has 1 fully saturated rings. The number of sulfonamides is 1. The van der Waals surface area contributed by atoms with Crippen LogP contribution in [-0.2, 0) is 19.6 Å². The minimum atomic E-state index is -3.70. The number of amides is 2. The summed E-state index contributed by atoms with van der Waals surface area (Å²) in [7, 11) is -2.16. The average molecular weight is 342 g/mol. The number of hydrogen-bond acceptors (Lipinski definition) is 4. The van der Waals surface area contributed by atoms with Crippen molar-refractivity contribution >= 4 is 21.8 Å². The van der Waals surface area contributed by atoms with Gasteiger partial charge in [0.1, 0.15) is 5.82 Å². The third-order valence-electron chi connectivity index (χ3n) is 3.86. The van der Waals surface area contributed by atoms with Crippen LogP contribution in [0.3, 0.4) is 0 Å². The third kappa shape index (κ3) is 3.87. The van der Waals surface area contributed by atoms with Crippen molar-refractivity contribution in [2.45, 2.75) is 25.8 Å². The maximum atomic E-state index is 13.1. The minimum Gasteiger partial charge on any atom is -0.338 e. The van der Waals surface area contributed by atoms with E-state index in [9.17, 15) is 22.4 Å². The zero-order valence-electron chi connectivity index (χ0n) is 13.0. The van der Waals surface area contributed by atoms with Gasteiger partial charge in [0.2, 0.25) is 21.8 Å². The number of nitrogens with zero attached hydrogens (tertiary/aromatic N) is 1. The largest absolute Gasteiger partial charge is 0.338 e. The molecule has 1 aromatic carbocycles. The van der Waals surface area contributed by atoms with Crippen LogP contribution >= 0.6 is 0 Å². The van der Waals surface area contributed by atoms with Crippen LogP contribution in [0.5, 0.6) is 0 Å². The maximum absolute atomic E-state index is 13.1. The van der Waals surface area contributed by atoms with Crippen LogP contribution in [0.4, 0.5) is 4.39 Å². The number of rotatable bonds is 5. The van der Waals surface area contributed by atoms with Crippen LogP contribution in [0.15, 0.2) is 24.3 Å². The lowest BCUT2D eigenvalue weighted by molar-refractivity contribution is -0.128. The second-order valence-electron chi connectivity index (χ2n) is 5.60. The number of carbonyl (C=O) groups is 2. The predicted molar refractivity (Wildman–Crippen MR) is 82.2 cm³/mol. The molecule has 0 unspecified atom stereocenters. The molecule has 2 atom stereocenters. The van der Waals surface area contributed by atoms with E-state index in [0.29, 0.717) is 12.0 Å². The summed E-state index contributed by atoms with van der Waals surface area (Å²) < 4.78 is 38.6. The van der Waals surface area contributed by atoms with Crippen LogP contribution in [-0.4, -0.2) is 37.9 Å². The lowest BCUT2D eigenvalue weighted by atomic mass is 9.93. The second kappa shape index (κ2) is 6.66. The van der Waals surface area contributed by atoms with E-state index < -0.39 is 33.7 Å². The van der Waals surface area contributed by atoms with E-state index in [1.54, 1.807) is 14.0 Å². The normalized spacial score (nSPS) is 21.5. The second-order valence-corrected chi connectivity index (χ2v) is 7.44. The molecule has 1 aliphatic heterocycles. The summed E-state index contributed by atoms with van der Waals surface area (Å²) in [6.07, 6.45) is 0.305. The van der Waals surface area contributed by atoms with Gasteiger partial charge in [-0.1, -0.05) is 19.1 Å². The van der Waals surface area contributed by atoms with Crippen molar-refractivity contribution < 1.29 is 22.4 Å². The molecule has 1 aromatic rings. The van der Waals surface area contributed by atoms with Crippen molar-refractivity contribution in [1.82, 2.24) is 9.62 Å². The van der Waals surface area contributed by atoms with E-state index in [2.05, 4.69) is 0 Å². The molecular weight excluding hydrogens is 323 g/mol. The lowest BCUT2D eigenvalue weighted by Crippen LogP contribution is -2.39. The highest BCUT2D eigenvalue weighted by molar-refractivity contribution is 7.90. The topological polar surface area (TPSA) is 83.5 Å². The van der Waals surface area contributed by atoms with Gasteiger partial charge in [0.25, 0.3) is 0 Å². The van der Waals surface area contributed by atoms with Gasteiger partial charge in [-0.15, -0.1) is 0 Å². The molecule has 8 heteroatoms. The third-order valence-corrected chi connectivity index (χ3v) is 5.32. The molecule has 1 heterocycles. The Morgan fingerprint density at radius 3 is 2.52 bits per heavy atom. The Labute approximate surface area is 134 Å². The fourth-order valence-corrected chi connectivity index (χ4v) is 3.87. The minimum absolute atomic E-state index is 0.0774. The Morgan fingerprint density at radius 2 is 1.96 bits per heavy atom. The van der Waals surface area contributed by atoms with Crippen LogP contribution in [0.2, 0.25) is 0 Å². The lowest BCUT2D eigenvalue weighted by Gasteiger charge is -2.24. The summed E-state index contributed by atoms with van der Waals surface area (Å²) in [6, 6.07) is 4.87. The van der Waals surface area contributed by atoms with Gasteiger partial charge in [-0.2, -0.15) is 0 Å². The molecule has 2 rings (SSSR count). The van der Waals surface area contributed by atoms with E-state index in [0.717, 1.165) is 0 Å². The van der Waals surface area contributed by atoms with E-state index in [-0.39, 0.29) is 18.1 Å². The Bertz CT molecular complexity index is 703. The standard InChI is InChI=1S/C15H19FN2O4S/c1-3-8-23(21,22)17-15(20)12-9-13(19)18(2)14(12)10-4-6-11(16)7-5-10/h4-7,12,14H,3,8-9H2,1-2H3,(H,17,20)/t12-,14-/m0/s1. The number of nitrogens with one attached hydrogen (secondary N) is 1. The summed E-state index contributed by atoms with van der Waals surface area (Å²) >= 11 is 0. The van der Waals surface area contributed by atoms with Crippen molar-refractivity contribution in [2.75, 3.05) is 12.8 Å². The Balaban J connectivity index is 2.27. The van der Waals surface area contributed by atoms with E-state index in [1.807, 2.05) is 4.72 Å². The molecule has 2 amide bonds. The molecule has 0 bridgehead atoms. The number of hydrogen-bond donors (Lipinski definition) is 1. The Kier molecular flexibility index (Phi) is 5.03. The van der Waals surface area contributed by atoms with Crippen LogP contribution in [0.25, 0.3) is 0 Å². The van der Waals surface area contributed by atoms with Crippen LogP contribution < -0.4 is 4.72 Å². The highest BCUT2D eigenvalue weighted by atomic mass is 32.2. The number of benzene rings is 1. The molecule has 23 heavy (non-hydrogen) atoms. The molecule has 0 saturated carbocycles. The number of carbonyl (C=O) groups excluding carboxylic acids is 2. The molecule has 0 spiro atoms. The molecule has 126 valence electrons. The van der Waals surface area contributed by atoms with Crippen molar-refractivity contribution in [3.05, 3.63) is 35.6 Å². The summed E-state index contributed by atoms with van der Waals surface area (Å²) in [6.45, 7) is 1.69. The molecule has 1 saturated heterocycles. The molecule has 0 aliphatic carbocycles. The fraction of sp³-hybridized carbons (Fsp3) is 0.467. The van der Waals surface area contributed by atoms with E-state index in [4.69, 9.17) is 0 Å². The first-order valence-corrected chi connectivity index (χ1v) is 8.96. The van der Waals surface area contributed by atoms with Gasteiger partial charge < -0.3 is 4.90 Å². The monoisotopic (exact) mass is 342 g/mol. The zero-order chi connectivity index (χ0) is 17.2. The predicted octanol–water partition coefficient (Wildman–Crippen LogP) is 1.20. The highest BCUT2D eigenvalue weighted by Crippen LogP contribution is 2.37. The summed E-state index contributed by atoms with van der Waals surface area (Å²) in [5.41, 5.74) is 0.591. The van der Waals surface area contributed by atoms with Crippen molar-refractivity contribution in [3.8, 4) is 0 Å². The SMILES string of the molecule is CCCS(=O)(=O)NC(=O)[C@H]1CC(=O)N(C)[C@H]1c1ccc(F)cc1. The van der Waals surface area contributed by atoms with Crippen molar-refractivity contribution in [3.63, 3.8) is 0 Å². The first-order valence-electron chi connectivity index (χ1n) is 7.30. The Hall–Kier alpha value is -1.96. The van der Waals surface area contributed by atoms with Gasteiger partial charge in [-0.05, 0) is 24.1 Å². The van der Waals surface area contributed by atoms with Crippen LogP contribution in [0, 0.1) is 11.7 Å².